The summed E-state index contributed by atoms with van der Waals surface area (Å²) >= 11 is 9.05. The highest BCUT2D eigenvalue weighted by molar-refractivity contribution is 9.10. The Kier molecular flexibility index (Phi) is 3.68. The minimum atomic E-state index is 0.647. The first-order chi connectivity index (χ1) is 7.63. The van der Waals surface area contributed by atoms with Gasteiger partial charge in [-0.25, -0.2) is 0 Å². The summed E-state index contributed by atoms with van der Waals surface area (Å²) in [5.74, 6) is 0.910. The summed E-state index contributed by atoms with van der Waals surface area (Å²) in [7, 11) is 1.99. The van der Waals surface area contributed by atoms with Crippen molar-refractivity contribution in [2.24, 2.45) is 0 Å². The van der Waals surface area contributed by atoms with Gasteiger partial charge >= 0.3 is 0 Å². The molecule has 0 radical (unpaired) electrons. The van der Waals surface area contributed by atoms with Crippen LogP contribution < -0.4 is 0 Å². The molecule has 0 aliphatic rings. The highest BCUT2D eigenvalue weighted by Crippen LogP contribution is 2.15. The van der Waals surface area contributed by atoms with Crippen LogP contribution in [0.2, 0.25) is 5.02 Å². The number of rotatable bonds is 4. The van der Waals surface area contributed by atoms with Crippen molar-refractivity contribution in [1.29, 1.82) is 0 Å². The highest BCUT2D eigenvalue weighted by Gasteiger charge is 2.05. The highest BCUT2D eigenvalue weighted by atomic mass is 79.9. The Morgan fingerprint density at radius 3 is 2.94 bits per heavy atom. The maximum atomic E-state index is 5.78. The lowest BCUT2D eigenvalue weighted by atomic mass is 10.4. The minimum absolute atomic E-state index is 0.647. The van der Waals surface area contributed by atoms with E-state index in [0.29, 0.717) is 11.7 Å². The SMILES string of the molecule is CN(Cc1ccc(Br)o1)Cn1cc(Cl)cn1. The number of halogens is 2. The molecule has 0 aliphatic heterocycles. The molecule has 0 bridgehead atoms. The second-order valence-electron chi connectivity index (χ2n) is 3.56. The fraction of sp³-hybridized carbons (Fsp3) is 0.300. The van der Waals surface area contributed by atoms with E-state index in [4.69, 9.17) is 16.0 Å². The molecule has 2 aromatic rings. The molecule has 0 unspecified atom stereocenters. The molecular formula is C10H11BrClN3O. The first-order valence-electron chi connectivity index (χ1n) is 4.74. The average Bonchev–Trinajstić information content (AvgIpc) is 2.76. The zero-order valence-corrected chi connectivity index (χ0v) is 11.1. The van der Waals surface area contributed by atoms with Gasteiger partial charge in [-0.05, 0) is 35.1 Å². The van der Waals surface area contributed by atoms with E-state index in [9.17, 15) is 0 Å². The number of hydrogen-bond acceptors (Lipinski definition) is 3. The predicted octanol–water partition coefficient (Wildman–Crippen LogP) is 2.98. The van der Waals surface area contributed by atoms with Crippen LogP contribution in [-0.2, 0) is 13.2 Å². The molecule has 0 fully saturated rings. The largest absolute Gasteiger partial charge is 0.453 e. The Balaban J connectivity index is 1.91. The van der Waals surface area contributed by atoms with Crippen LogP contribution in [0.25, 0.3) is 0 Å². The normalized spacial score (nSPS) is 11.2. The number of furan rings is 1. The Bertz CT molecular complexity index is 426. The third kappa shape index (κ3) is 3.10. The molecular weight excluding hydrogens is 293 g/mol. The molecule has 0 saturated heterocycles. The molecule has 86 valence electrons. The Hall–Kier alpha value is -0.780. The van der Waals surface area contributed by atoms with E-state index >= 15 is 0 Å². The molecule has 2 aromatic heterocycles. The molecule has 0 spiro atoms. The van der Waals surface area contributed by atoms with E-state index in [2.05, 4.69) is 25.9 Å². The van der Waals surface area contributed by atoms with Crippen LogP contribution in [-0.4, -0.2) is 21.7 Å². The molecule has 0 saturated carbocycles. The lowest BCUT2D eigenvalue weighted by Crippen LogP contribution is -2.21. The molecule has 0 N–H and O–H groups in total. The maximum Gasteiger partial charge on any atom is 0.169 e. The molecule has 6 heteroatoms. The van der Waals surface area contributed by atoms with Gasteiger partial charge in [-0.1, -0.05) is 11.6 Å². The number of nitrogens with zero attached hydrogens (tertiary/aromatic N) is 3. The average molecular weight is 305 g/mol. The van der Waals surface area contributed by atoms with E-state index in [1.807, 2.05) is 19.2 Å². The van der Waals surface area contributed by atoms with E-state index in [0.717, 1.165) is 17.0 Å². The third-order valence-corrected chi connectivity index (χ3v) is 2.66. The van der Waals surface area contributed by atoms with Crippen molar-refractivity contribution < 1.29 is 4.42 Å². The summed E-state index contributed by atoms with van der Waals surface area (Å²) in [4.78, 5) is 2.08. The van der Waals surface area contributed by atoms with Crippen LogP contribution in [0.1, 0.15) is 5.76 Å². The summed E-state index contributed by atoms with van der Waals surface area (Å²) < 4.78 is 7.94. The fourth-order valence-electron chi connectivity index (χ4n) is 1.42. The predicted molar refractivity (Wildman–Crippen MR) is 65.1 cm³/mol. The lowest BCUT2D eigenvalue weighted by molar-refractivity contribution is 0.226. The van der Waals surface area contributed by atoms with Crippen LogP contribution in [0.5, 0.6) is 0 Å². The molecule has 2 rings (SSSR count). The molecule has 4 nitrogen and oxygen atoms in total. The van der Waals surface area contributed by atoms with Gasteiger partial charge in [-0.2, -0.15) is 5.10 Å². The third-order valence-electron chi connectivity index (χ3n) is 2.04. The minimum Gasteiger partial charge on any atom is -0.453 e. The first kappa shape index (κ1) is 11.7. The van der Waals surface area contributed by atoms with Gasteiger partial charge in [0.1, 0.15) is 5.76 Å². The van der Waals surface area contributed by atoms with E-state index in [1.165, 1.54) is 0 Å². The smallest absolute Gasteiger partial charge is 0.169 e. The van der Waals surface area contributed by atoms with Gasteiger partial charge in [0.15, 0.2) is 4.67 Å². The van der Waals surface area contributed by atoms with Gasteiger partial charge in [-0.3, -0.25) is 9.58 Å². The van der Waals surface area contributed by atoms with Gasteiger partial charge in [0.25, 0.3) is 0 Å². The monoisotopic (exact) mass is 303 g/mol. The molecule has 0 aromatic carbocycles. The van der Waals surface area contributed by atoms with Crippen molar-refractivity contribution in [3.05, 3.63) is 40.0 Å². The molecule has 16 heavy (non-hydrogen) atoms. The summed E-state index contributed by atoms with van der Waals surface area (Å²) in [6, 6.07) is 3.82. The Labute approximate surface area is 107 Å². The first-order valence-corrected chi connectivity index (χ1v) is 5.91. The van der Waals surface area contributed by atoms with Crippen molar-refractivity contribution in [2.75, 3.05) is 7.05 Å². The van der Waals surface area contributed by atoms with Crippen molar-refractivity contribution in [3.8, 4) is 0 Å². The van der Waals surface area contributed by atoms with Crippen LogP contribution in [0, 0.1) is 0 Å². The lowest BCUT2D eigenvalue weighted by Gasteiger charge is -2.14. The summed E-state index contributed by atoms with van der Waals surface area (Å²) in [5.41, 5.74) is 0. The molecule has 0 atom stereocenters. The topological polar surface area (TPSA) is 34.2 Å². The second kappa shape index (κ2) is 5.03. The maximum absolute atomic E-state index is 5.78. The summed E-state index contributed by atoms with van der Waals surface area (Å²) in [5, 5.41) is 4.75. The Morgan fingerprint density at radius 1 is 1.56 bits per heavy atom. The van der Waals surface area contributed by atoms with E-state index in [1.54, 1.807) is 17.1 Å². The zero-order chi connectivity index (χ0) is 11.5. The number of hydrogen-bond donors (Lipinski definition) is 0. The van der Waals surface area contributed by atoms with Crippen molar-refractivity contribution >= 4 is 27.5 Å². The van der Waals surface area contributed by atoms with Crippen LogP contribution in [0.15, 0.2) is 33.6 Å². The van der Waals surface area contributed by atoms with Gasteiger partial charge in [0.05, 0.1) is 24.4 Å². The van der Waals surface area contributed by atoms with Crippen molar-refractivity contribution in [2.45, 2.75) is 13.2 Å². The Morgan fingerprint density at radius 2 is 2.38 bits per heavy atom. The van der Waals surface area contributed by atoms with Gasteiger partial charge in [0.2, 0.25) is 0 Å². The van der Waals surface area contributed by atoms with E-state index < -0.39 is 0 Å². The van der Waals surface area contributed by atoms with Gasteiger partial charge in [-0.15, -0.1) is 0 Å². The number of aromatic nitrogens is 2. The standard InChI is InChI=1S/C10H11BrClN3O/c1-14(6-9-2-3-10(11)16-9)7-15-5-8(12)4-13-15/h2-5H,6-7H2,1H3. The van der Waals surface area contributed by atoms with E-state index in [-0.39, 0.29) is 0 Å². The summed E-state index contributed by atoms with van der Waals surface area (Å²) in [6.45, 7) is 1.40. The molecule has 0 aliphatic carbocycles. The quantitative estimate of drug-likeness (QED) is 0.871. The van der Waals surface area contributed by atoms with Crippen molar-refractivity contribution in [3.63, 3.8) is 0 Å². The van der Waals surface area contributed by atoms with Gasteiger partial charge in [0, 0.05) is 6.20 Å². The second-order valence-corrected chi connectivity index (χ2v) is 4.78. The fourth-order valence-corrected chi connectivity index (χ4v) is 1.91. The van der Waals surface area contributed by atoms with Crippen LogP contribution >= 0.6 is 27.5 Å². The summed E-state index contributed by atoms with van der Waals surface area (Å²) in [6.07, 6.45) is 3.41. The van der Waals surface area contributed by atoms with Crippen LogP contribution in [0.4, 0.5) is 0 Å². The van der Waals surface area contributed by atoms with Crippen molar-refractivity contribution in [1.82, 2.24) is 14.7 Å². The van der Waals surface area contributed by atoms with Crippen LogP contribution in [0.3, 0.4) is 0 Å². The van der Waals surface area contributed by atoms with Gasteiger partial charge < -0.3 is 4.42 Å². The zero-order valence-electron chi connectivity index (χ0n) is 8.73. The molecule has 0 amide bonds. The molecule has 2 heterocycles.